The van der Waals surface area contributed by atoms with E-state index < -0.39 is 0 Å². The van der Waals surface area contributed by atoms with Crippen LogP contribution in [0, 0.1) is 11.3 Å². The third-order valence-corrected chi connectivity index (χ3v) is 4.84. The van der Waals surface area contributed by atoms with Gasteiger partial charge in [-0.1, -0.05) is 24.4 Å². The van der Waals surface area contributed by atoms with Gasteiger partial charge in [-0.05, 0) is 49.6 Å². The van der Waals surface area contributed by atoms with Gasteiger partial charge in [0.2, 0.25) is 5.91 Å². The van der Waals surface area contributed by atoms with Crippen molar-refractivity contribution in [1.29, 1.82) is 0 Å². The number of hydrogen-bond acceptors (Lipinski definition) is 2. The third-order valence-electron chi connectivity index (χ3n) is 4.59. The van der Waals surface area contributed by atoms with Gasteiger partial charge < -0.3 is 10.6 Å². The van der Waals surface area contributed by atoms with E-state index in [1.54, 1.807) is 12.1 Å². The smallest absolute Gasteiger partial charge is 0.232 e. The average molecular weight is 279 g/mol. The van der Waals surface area contributed by atoms with Crippen LogP contribution in [0.2, 0.25) is 5.02 Å². The summed E-state index contributed by atoms with van der Waals surface area (Å²) in [6.07, 6.45) is 4.58. The van der Waals surface area contributed by atoms with Gasteiger partial charge in [0, 0.05) is 17.3 Å². The quantitative estimate of drug-likeness (QED) is 0.873. The number of hydrogen-bond donors (Lipinski definition) is 2. The van der Waals surface area contributed by atoms with Gasteiger partial charge >= 0.3 is 0 Å². The summed E-state index contributed by atoms with van der Waals surface area (Å²) in [4.78, 5) is 12.7. The molecular weight excluding hydrogens is 260 g/mol. The zero-order valence-corrected chi connectivity index (χ0v) is 11.7. The van der Waals surface area contributed by atoms with Crippen LogP contribution in [0.1, 0.15) is 25.7 Å². The predicted molar refractivity (Wildman–Crippen MR) is 77.3 cm³/mol. The van der Waals surface area contributed by atoms with Crippen molar-refractivity contribution < 1.29 is 4.79 Å². The van der Waals surface area contributed by atoms with Crippen LogP contribution in [0.25, 0.3) is 0 Å². The number of rotatable bonds is 2. The summed E-state index contributed by atoms with van der Waals surface area (Å²) in [7, 11) is 0. The molecule has 2 atom stereocenters. The topological polar surface area (TPSA) is 41.1 Å². The highest BCUT2D eigenvalue weighted by atomic mass is 35.5. The molecule has 1 heterocycles. The van der Waals surface area contributed by atoms with Gasteiger partial charge in [-0.3, -0.25) is 4.79 Å². The van der Waals surface area contributed by atoms with E-state index in [0.717, 1.165) is 31.6 Å². The third kappa shape index (κ3) is 2.37. The molecule has 102 valence electrons. The first-order valence-corrected chi connectivity index (χ1v) is 7.36. The monoisotopic (exact) mass is 278 g/mol. The fourth-order valence-corrected chi connectivity index (χ4v) is 3.61. The molecular formula is C15H19ClN2O. The molecule has 2 fully saturated rings. The Labute approximate surface area is 118 Å². The van der Waals surface area contributed by atoms with Crippen LogP contribution in [-0.2, 0) is 4.79 Å². The van der Waals surface area contributed by atoms with Gasteiger partial charge in [0.25, 0.3) is 0 Å². The Kier molecular flexibility index (Phi) is 3.50. The Morgan fingerprint density at radius 1 is 1.32 bits per heavy atom. The van der Waals surface area contributed by atoms with E-state index in [2.05, 4.69) is 10.6 Å². The predicted octanol–water partition coefficient (Wildman–Crippen LogP) is 3.06. The van der Waals surface area contributed by atoms with Crippen LogP contribution >= 0.6 is 11.6 Å². The van der Waals surface area contributed by atoms with Crippen molar-refractivity contribution in [2.45, 2.75) is 25.7 Å². The molecule has 3 rings (SSSR count). The van der Waals surface area contributed by atoms with Gasteiger partial charge in [-0.25, -0.2) is 0 Å². The Hall–Kier alpha value is -1.06. The van der Waals surface area contributed by atoms with Crippen LogP contribution < -0.4 is 10.6 Å². The highest BCUT2D eigenvalue weighted by Crippen LogP contribution is 2.44. The lowest BCUT2D eigenvalue weighted by molar-refractivity contribution is -0.128. The second kappa shape index (κ2) is 5.14. The van der Waals surface area contributed by atoms with E-state index in [-0.39, 0.29) is 11.3 Å². The van der Waals surface area contributed by atoms with Crippen molar-refractivity contribution in [1.82, 2.24) is 5.32 Å². The largest absolute Gasteiger partial charge is 0.326 e. The van der Waals surface area contributed by atoms with Crippen LogP contribution in [0.4, 0.5) is 5.69 Å². The summed E-state index contributed by atoms with van der Waals surface area (Å²) in [5.74, 6) is 0.665. The molecule has 0 spiro atoms. The fourth-order valence-electron chi connectivity index (χ4n) is 3.48. The van der Waals surface area contributed by atoms with E-state index in [0.29, 0.717) is 10.9 Å². The van der Waals surface area contributed by atoms with Crippen LogP contribution in [0.5, 0.6) is 0 Å². The first-order chi connectivity index (χ1) is 9.21. The zero-order valence-electron chi connectivity index (χ0n) is 10.9. The van der Waals surface area contributed by atoms with E-state index in [1.165, 1.54) is 12.8 Å². The molecule has 0 radical (unpaired) electrons. The summed E-state index contributed by atoms with van der Waals surface area (Å²) in [5, 5.41) is 7.15. The van der Waals surface area contributed by atoms with Gasteiger partial charge in [0.15, 0.2) is 0 Å². The zero-order chi connectivity index (χ0) is 13.3. The van der Waals surface area contributed by atoms with Gasteiger partial charge in [-0.15, -0.1) is 0 Å². The van der Waals surface area contributed by atoms with E-state index >= 15 is 0 Å². The van der Waals surface area contributed by atoms with Crippen LogP contribution in [0.3, 0.4) is 0 Å². The molecule has 3 nitrogen and oxygen atoms in total. The lowest BCUT2D eigenvalue weighted by atomic mass is 9.67. The second-order valence-corrected chi connectivity index (χ2v) is 6.13. The molecule has 1 amide bonds. The van der Waals surface area contributed by atoms with Crippen molar-refractivity contribution in [3.05, 3.63) is 29.3 Å². The Balaban J connectivity index is 1.77. The van der Waals surface area contributed by atoms with Gasteiger partial charge in [0.1, 0.15) is 0 Å². The van der Waals surface area contributed by atoms with Crippen molar-refractivity contribution in [2.24, 2.45) is 11.3 Å². The molecule has 1 aliphatic carbocycles. The van der Waals surface area contributed by atoms with Crippen molar-refractivity contribution in [3.63, 3.8) is 0 Å². The van der Waals surface area contributed by atoms with Crippen molar-refractivity contribution in [2.75, 3.05) is 18.4 Å². The molecule has 2 aliphatic rings. The number of halogens is 1. The molecule has 1 aromatic rings. The lowest BCUT2D eigenvalue weighted by Gasteiger charge is -2.37. The summed E-state index contributed by atoms with van der Waals surface area (Å²) in [6, 6.07) is 7.33. The number of amides is 1. The molecule has 0 bridgehead atoms. The fraction of sp³-hybridized carbons (Fsp3) is 0.533. The highest BCUT2D eigenvalue weighted by molar-refractivity contribution is 6.30. The molecule has 0 aromatic heterocycles. The van der Waals surface area contributed by atoms with Crippen LogP contribution in [-0.4, -0.2) is 19.0 Å². The van der Waals surface area contributed by atoms with E-state index in [9.17, 15) is 4.79 Å². The molecule has 1 aliphatic heterocycles. The molecule has 1 saturated carbocycles. The molecule has 0 unspecified atom stereocenters. The number of anilines is 1. The number of carbonyl (C=O) groups excluding carboxylic acids is 1. The molecule has 2 N–H and O–H groups in total. The van der Waals surface area contributed by atoms with E-state index in [1.807, 2.05) is 12.1 Å². The first-order valence-electron chi connectivity index (χ1n) is 6.98. The highest BCUT2D eigenvalue weighted by Gasteiger charge is 2.49. The molecule has 1 aromatic carbocycles. The Morgan fingerprint density at radius 2 is 2.11 bits per heavy atom. The summed E-state index contributed by atoms with van der Waals surface area (Å²) in [6.45, 7) is 1.80. The maximum Gasteiger partial charge on any atom is 0.232 e. The number of fused-ring (bicyclic) bond motifs is 1. The maximum absolute atomic E-state index is 12.7. The lowest BCUT2D eigenvalue weighted by Crippen LogP contribution is -2.44. The van der Waals surface area contributed by atoms with Crippen molar-refractivity contribution in [3.8, 4) is 0 Å². The SMILES string of the molecule is O=C(Nc1ccc(Cl)cc1)[C@@]12CCCC[C@H]1CNC2. The minimum Gasteiger partial charge on any atom is -0.326 e. The summed E-state index contributed by atoms with van der Waals surface area (Å²) in [5.41, 5.74) is 0.637. The van der Waals surface area contributed by atoms with Crippen LogP contribution in [0.15, 0.2) is 24.3 Å². The first kappa shape index (κ1) is 12.9. The number of carbonyl (C=O) groups is 1. The Bertz CT molecular complexity index is 474. The van der Waals surface area contributed by atoms with Gasteiger partial charge in [-0.2, -0.15) is 0 Å². The molecule has 4 heteroatoms. The number of nitrogens with one attached hydrogen (secondary N) is 2. The maximum atomic E-state index is 12.7. The second-order valence-electron chi connectivity index (χ2n) is 5.69. The minimum absolute atomic E-state index is 0.171. The average Bonchev–Trinajstić information content (AvgIpc) is 2.86. The normalized spacial score (nSPS) is 29.8. The van der Waals surface area contributed by atoms with E-state index in [4.69, 9.17) is 11.6 Å². The summed E-state index contributed by atoms with van der Waals surface area (Å²) >= 11 is 5.86. The summed E-state index contributed by atoms with van der Waals surface area (Å²) < 4.78 is 0. The standard InChI is InChI=1S/C15H19ClN2O/c16-12-4-6-13(7-5-12)18-14(19)15-8-2-1-3-11(15)9-17-10-15/h4-7,11,17H,1-3,8-10H2,(H,18,19)/t11-,15+/m0/s1. The minimum atomic E-state index is -0.197. The molecule has 1 saturated heterocycles. The Morgan fingerprint density at radius 3 is 2.89 bits per heavy atom. The molecule has 19 heavy (non-hydrogen) atoms. The number of benzene rings is 1. The van der Waals surface area contributed by atoms with Gasteiger partial charge in [0.05, 0.1) is 5.41 Å². The van der Waals surface area contributed by atoms with Crippen molar-refractivity contribution >= 4 is 23.2 Å².